The van der Waals surface area contributed by atoms with E-state index in [1.54, 1.807) is 17.0 Å². The van der Waals surface area contributed by atoms with Crippen LogP contribution in [0.5, 0.6) is 5.75 Å². The summed E-state index contributed by atoms with van der Waals surface area (Å²) in [6.07, 6.45) is -2.70. The standard InChI is InChI=1S/C25H22F3N5O2/c26-25(27,28)19-4-1-3-15(11-19)14-34-20-9-8-16-12-18(7-6-17(16)13-20)22-31-23(35-32-22)21-5-2-10-33(21)24(29)30/h1,3-4,6-9,11-13,21H,2,5,10,14H2,(H3,29,30)/t21-/m0/s1. The third-order valence-corrected chi connectivity index (χ3v) is 6.02. The van der Waals surface area contributed by atoms with Crippen molar-refractivity contribution in [1.82, 2.24) is 15.0 Å². The first-order valence-corrected chi connectivity index (χ1v) is 11.1. The van der Waals surface area contributed by atoms with Gasteiger partial charge in [-0.2, -0.15) is 18.2 Å². The summed E-state index contributed by atoms with van der Waals surface area (Å²) in [5, 5.41) is 13.7. The zero-order valence-corrected chi connectivity index (χ0v) is 18.5. The topological polar surface area (TPSA) is 101 Å². The molecule has 4 aromatic rings. The Morgan fingerprint density at radius 3 is 2.71 bits per heavy atom. The van der Waals surface area contributed by atoms with Gasteiger partial charge in [0.1, 0.15) is 18.4 Å². The number of nitrogens with one attached hydrogen (secondary N) is 1. The number of nitrogens with zero attached hydrogens (tertiary/aromatic N) is 3. The van der Waals surface area contributed by atoms with E-state index in [4.69, 9.17) is 20.4 Å². The Morgan fingerprint density at radius 2 is 1.91 bits per heavy atom. The molecule has 1 atom stereocenters. The van der Waals surface area contributed by atoms with Gasteiger partial charge in [-0.05, 0) is 59.5 Å². The van der Waals surface area contributed by atoms with Gasteiger partial charge in [0.25, 0.3) is 0 Å². The highest BCUT2D eigenvalue weighted by Gasteiger charge is 2.32. The van der Waals surface area contributed by atoms with E-state index in [9.17, 15) is 13.2 Å². The van der Waals surface area contributed by atoms with Gasteiger partial charge in [0.2, 0.25) is 11.7 Å². The van der Waals surface area contributed by atoms with Crippen molar-refractivity contribution in [1.29, 1.82) is 5.41 Å². The van der Waals surface area contributed by atoms with Crippen molar-refractivity contribution in [3.63, 3.8) is 0 Å². The number of likely N-dealkylation sites (tertiary alicyclic amines) is 1. The highest BCUT2D eigenvalue weighted by atomic mass is 19.4. The lowest BCUT2D eigenvalue weighted by molar-refractivity contribution is -0.137. The summed E-state index contributed by atoms with van der Waals surface area (Å²) in [7, 11) is 0. The van der Waals surface area contributed by atoms with Gasteiger partial charge in [0, 0.05) is 12.1 Å². The zero-order chi connectivity index (χ0) is 24.6. The van der Waals surface area contributed by atoms with Gasteiger partial charge in [-0.3, -0.25) is 5.41 Å². The predicted octanol–water partition coefficient (Wildman–Crippen LogP) is 5.52. The van der Waals surface area contributed by atoms with Gasteiger partial charge in [-0.15, -0.1) is 0 Å². The summed E-state index contributed by atoms with van der Waals surface area (Å²) >= 11 is 0. The lowest BCUT2D eigenvalue weighted by atomic mass is 10.1. The average molecular weight is 481 g/mol. The van der Waals surface area contributed by atoms with Crippen molar-refractivity contribution in [2.75, 3.05) is 6.54 Å². The molecule has 1 aromatic heterocycles. The van der Waals surface area contributed by atoms with E-state index in [0.29, 0.717) is 29.6 Å². The molecule has 1 saturated heterocycles. The minimum absolute atomic E-state index is 0.0102. The van der Waals surface area contributed by atoms with Crippen LogP contribution in [0.4, 0.5) is 13.2 Å². The van der Waals surface area contributed by atoms with Crippen LogP contribution in [0, 0.1) is 5.41 Å². The van der Waals surface area contributed by atoms with Gasteiger partial charge >= 0.3 is 6.18 Å². The molecule has 2 heterocycles. The maximum Gasteiger partial charge on any atom is 0.416 e. The van der Waals surface area contributed by atoms with Crippen molar-refractivity contribution >= 4 is 16.7 Å². The number of nitrogens with two attached hydrogens (primary N) is 1. The zero-order valence-electron chi connectivity index (χ0n) is 18.5. The quantitative estimate of drug-likeness (QED) is 0.288. The van der Waals surface area contributed by atoms with Crippen LogP contribution in [0.15, 0.2) is 65.2 Å². The van der Waals surface area contributed by atoms with Gasteiger partial charge in [-0.25, -0.2) is 0 Å². The number of hydrogen-bond donors (Lipinski definition) is 2. The average Bonchev–Trinajstić information content (AvgIpc) is 3.52. The Bertz CT molecular complexity index is 1390. The molecule has 0 aliphatic carbocycles. The molecule has 7 nitrogen and oxygen atoms in total. The Labute approximate surface area is 198 Å². The van der Waals surface area contributed by atoms with Crippen molar-refractivity contribution in [3.8, 4) is 17.1 Å². The van der Waals surface area contributed by atoms with Crippen LogP contribution < -0.4 is 10.5 Å². The highest BCUT2D eigenvalue weighted by molar-refractivity contribution is 5.87. The molecule has 35 heavy (non-hydrogen) atoms. The molecule has 0 radical (unpaired) electrons. The number of hydrogen-bond acceptors (Lipinski definition) is 5. The number of alkyl halides is 3. The van der Waals surface area contributed by atoms with E-state index >= 15 is 0 Å². The predicted molar refractivity (Wildman–Crippen MR) is 124 cm³/mol. The molecule has 0 unspecified atom stereocenters. The fourth-order valence-electron chi connectivity index (χ4n) is 4.26. The lowest BCUT2D eigenvalue weighted by Gasteiger charge is -2.21. The monoisotopic (exact) mass is 481 g/mol. The molecule has 3 N–H and O–H groups in total. The minimum atomic E-state index is -4.39. The molecule has 1 fully saturated rings. The number of benzene rings is 3. The summed E-state index contributed by atoms with van der Waals surface area (Å²) in [6, 6.07) is 16.1. The maximum absolute atomic E-state index is 12.9. The molecule has 5 rings (SSSR count). The summed E-state index contributed by atoms with van der Waals surface area (Å²) in [5.74, 6) is 1.42. The number of rotatable bonds is 5. The Balaban J connectivity index is 1.31. The number of fused-ring (bicyclic) bond motifs is 1. The minimum Gasteiger partial charge on any atom is -0.489 e. The SMILES string of the molecule is N=C(N)N1CCC[C@H]1c1nc(-c2ccc3cc(OCc4cccc(C(F)(F)F)c4)ccc3c2)no1. The molecule has 0 saturated carbocycles. The van der Waals surface area contributed by atoms with Crippen LogP contribution in [-0.2, 0) is 12.8 Å². The normalized spacial score (nSPS) is 16.1. The van der Waals surface area contributed by atoms with Crippen molar-refractivity contribution in [2.45, 2.75) is 31.7 Å². The number of guanidine groups is 1. The van der Waals surface area contributed by atoms with E-state index in [1.807, 2.05) is 30.3 Å². The summed E-state index contributed by atoms with van der Waals surface area (Å²) in [4.78, 5) is 6.28. The van der Waals surface area contributed by atoms with Crippen molar-refractivity contribution in [2.24, 2.45) is 5.73 Å². The third kappa shape index (κ3) is 4.77. The van der Waals surface area contributed by atoms with Crippen molar-refractivity contribution in [3.05, 3.63) is 77.7 Å². The molecule has 0 amide bonds. The largest absolute Gasteiger partial charge is 0.489 e. The Hall–Kier alpha value is -4.08. The first-order valence-electron chi connectivity index (χ1n) is 11.1. The number of ether oxygens (including phenoxy) is 1. The van der Waals surface area contributed by atoms with Crippen LogP contribution >= 0.6 is 0 Å². The van der Waals surface area contributed by atoms with E-state index < -0.39 is 11.7 Å². The number of halogens is 3. The molecule has 1 aliphatic heterocycles. The summed E-state index contributed by atoms with van der Waals surface area (Å²) in [5.41, 5.74) is 6.18. The van der Waals surface area contributed by atoms with Crippen LogP contribution in [0.1, 0.15) is 35.9 Å². The van der Waals surface area contributed by atoms with Crippen LogP contribution in [0.25, 0.3) is 22.2 Å². The fourth-order valence-corrected chi connectivity index (χ4v) is 4.26. The van der Waals surface area contributed by atoms with Gasteiger partial charge in [0.05, 0.1) is 5.56 Å². The maximum atomic E-state index is 12.9. The molecular weight excluding hydrogens is 459 g/mol. The lowest BCUT2D eigenvalue weighted by Crippen LogP contribution is -2.35. The summed E-state index contributed by atoms with van der Waals surface area (Å²) in [6.45, 7) is 0.712. The molecule has 1 aliphatic rings. The van der Waals surface area contributed by atoms with Crippen molar-refractivity contribution < 1.29 is 22.4 Å². The third-order valence-electron chi connectivity index (χ3n) is 6.02. The fraction of sp³-hybridized carbons (Fsp3) is 0.240. The molecule has 180 valence electrons. The first-order chi connectivity index (χ1) is 16.8. The van der Waals surface area contributed by atoms with Crippen LogP contribution in [0.2, 0.25) is 0 Å². The van der Waals surface area contributed by atoms with Crippen LogP contribution in [-0.4, -0.2) is 27.5 Å². The van der Waals surface area contributed by atoms with E-state index in [0.717, 1.165) is 41.3 Å². The van der Waals surface area contributed by atoms with Gasteiger partial charge in [0.15, 0.2) is 5.96 Å². The highest BCUT2D eigenvalue weighted by Crippen LogP contribution is 2.33. The van der Waals surface area contributed by atoms with E-state index in [2.05, 4.69) is 10.1 Å². The first kappa shape index (κ1) is 22.7. The second-order valence-corrected chi connectivity index (χ2v) is 8.40. The Morgan fingerprint density at radius 1 is 1.11 bits per heavy atom. The smallest absolute Gasteiger partial charge is 0.416 e. The second-order valence-electron chi connectivity index (χ2n) is 8.40. The van der Waals surface area contributed by atoms with Crippen LogP contribution in [0.3, 0.4) is 0 Å². The molecule has 10 heteroatoms. The number of aromatic nitrogens is 2. The molecule has 3 aromatic carbocycles. The Kier molecular flexibility index (Phi) is 5.80. The second kappa shape index (κ2) is 8.94. The molecule has 0 bridgehead atoms. The van der Waals surface area contributed by atoms with E-state index in [-0.39, 0.29) is 18.6 Å². The van der Waals surface area contributed by atoms with Gasteiger partial charge in [-0.1, -0.05) is 35.5 Å². The van der Waals surface area contributed by atoms with E-state index in [1.165, 1.54) is 6.07 Å². The summed E-state index contributed by atoms with van der Waals surface area (Å²) < 4.78 is 50.0. The van der Waals surface area contributed by atoms with Gasteiger partial charge < -0.3 is 19.9 Å². The molecular formula is C25H22F3N5O2. The molecule has 0 spiro atoms.